The molecule has 2 amide bonds. The summed E-state index contributed by atoms with van der Waals surface area (Å²) in [5.41, 5.74) is -0.135. The number of nitrogens with zero attached hydrogens (tertiary/aromatic N) is 3. The molecular formula is C17H34N4O2. The quantitative estimate of drug-likeness (QED) is 0.785. The monoisotopic (exact) mass is 326 g/mol. The summed E-state index contributed by atoms with van der Waals surface area (Å²) in [5, 5.41) is 12.5. The molecule has 2 fully saturated rings. The first-order valence-electron chi connectivity index (χ1n) is 8.96. The fourth-order valence-corrected chi connectivity index (χ4v) is 3.71. The van der Waals surface area contributed by atoms with Crippen molar-refractivity contribution in [3.05, 3.63) is 0 Å². The topological polar surface area (TPSA) is 59.0 Å². The Labute approximate surface area is 140 Å². The second-order valence-electron chi connectivity index (χ2n) is 7.76. The Hall–Kier alpha value is -0.850. The largest absolute Gasteiger partial charge is 0.396 e. The molecule has 23 heavy (non-hydrogen) atoms. The third-order valence-corrected chi connectivity index (χ3v) is 5.44. The summed E-state index contributed by atoms with van der Waals surface area (Å²) in [7, 11) is 4.30. The van der Waals surface area contributed by atoms with Crippen molar-refractivity contribution in [2.45, 2.75) is 38.6 Å². The summed E-state index contributed by atoms with van der Waals surface area (Å²) in [6.07, 6.45) is 4.39. The average Bonchev–Trinajstić information content (AvgIpc) is 2.55. The summed E-state index contributed by atoms with van der Waals surface area (Å²) >= 11 is 0. The Morgan fingerprint density at radius 2 is 2.00 bits per heavy atom. The van der Waals surface area contributed by atoms with Gasteiger partial charge in [-0.15, -0.1) is 0 Å². The lowest BCUT2D eigenvalue weighted by atomic mass is 9.83. The Kier molecular flexibility index (Phi) is 6.68. The first kappa shape index (κ1) is 18.5. The molecule has 0 aromatic carbocycles. The lowest BCUT2D eigenvalue weighted by Crippen LogP contribution is -2.51. The van der Waals surface area contributed by atoms with Crippen molar-refractivity contribution >= 4 is 6.03 Å². The van der Waals surface area contributed by atoms with Gasteiger partial charge >= 0.3 is 6.03 Å². The van der Waals surface area contributed by atoms with Gasteiger partial charge in [-0.05, 0) is 52.9 Å². The van der Waals surface area contributed by atoms with Gasteiger partial charge in [0.15, 0.2) is 0 Å². The van der Waals surface area contributed by atoms with Crippen LogP contribution in [0.5, 0.6) is 0 Å². The van der Waals surface area contributed by atoms with Crippen molar-refractivity contribution < 1.29 is 9.90 Å². The van der Waals surface area contributed by atoms with Crippen LogP contribution in [0.25, 0.3) is 0 Å². The van der Waals surface area contributed by atoms with Crippen LogP contribution in [0.2, 0.25) is 0 Å². The van der Waals surface area contributed by atoms with Crippen LogP contribution in [0, 0.1) is 5.41 Å². The molecule has 6 nitrogen and oxygen atoms in total. The molecule has 0 aliphatic carbocycles. The van der Waals surface area contributed by atoms with Gasteiger partial charge in [0.2, 0.25) is 0 Å². The van der Waals surface area contributed by atoms with Gasteiger partial charge in [0.1, 0.15) is 0 Å². The number of hydrogen-bond acceptors (Lipinski definition) is 4. The third kappa shape index (κ3) is 5.33. The Morgan fingerprint density at radius 1 is 1.30 bits per heavy atom. The lowest BCUT2D eigenvalue weighted by molar-refractivity contribution is 0.0612. The molecule has 6 heteroatoms. The van der Waals surface area contributed by atoms with E-state index in [4.69, 9.17) is 0 Å². The van der Waals surface area contributed by atoms with Crippen molar-refractivity contribution in [3.63, 3.8) is 0 Å². The minimum absolute atomic E-state index is 0.0209. The van der Waals surface area contributed by atoms with Crippen molar-refractivity contribution in [2.24, 2.45) is 5.41 Å². The highest BCUT2D eigenvalue weighted by atomic mass is 16.3. The molecule has 0 radical (unpaired) electrons. The Morgan fingerprint density at radius 3 is 2.61 bits per heavy atom. The molecule has 2 heterocycles. The molecule has 0 aromatic rings. The van der Waals surface area contributed by atoms with E-state index in [1.54, 1.807) is 0 Å². The van der Waals surface area contributed by atoms with Crippen LogP contribution in [0.15, 0.2) is 0 Å². The van der Waals surface area contributed by atoms with E-state index in [2.05, 4.69) is 36.1 Å². The Bertz CT molecular complexity index is 383. The summed E-state index contributed by atoms with van der Waals surface area (Å²) in [6.45, 7) is 7.53. The predicted molar refractivity (Wildman–Crippen MR) is 92.5 cm³/mol. The maximum atomic E-state index is 12.3. The zero-order valence-corrected chi connectivity index (χ0v) is 15.1. The number of urea groups is 1. The fourth-order valence-electron chi connectivity index (χ4n) is 3.71. The van der Waals surface area contributed by atoms with Gasteiger partial charge in [0.25, 0.3) is 0 Å². The van der Waals surface area contributed by atoms with E-state index in [1.807, 2.05) is 4.90 Å². The molecule has 0 spiro atoms. The zero-order chi connectivity index (χ0) is 16.9. The van der Waals surface area contributed by atoms with Crippen LogP contribution >= 0.6 is 0 Å². The van der Waals surface area contributed by atoms with E-state index in [0.29, 0.717) is 19.1 Å². The summed E-state index contributed by atoms with van der Waals surface area (Å²) < 4.78 is 0. The van der Waals surface area contributed by atoms with E-state index in [9.17, 15) is 9.90 Å². The standard InChI is InChI=1S/C17H34N4O2/c1-17(14-22)7-4-9-21(13-17)16(23)18-8-12-20-10-5-15(6-11-20)19(2)3/h15,22H,4-14H2,1-3H3,(H,18,23). The van der Waals surface area contributed by atoms with Gasteiger partial charge in [0.05, 0.1) is 6.61 Å². The SMILES string of the molecule is CN(C)C1CCN(CCNC(=O)N2CCCC(C)(CO)C2)CC1. The smallest absolute Gasteiger partial charge is 0.317 e. The fraction of sp³-hybridized carbons (Fsp3) is 0.941. The van der Waals surface area contributed by atoms with E-state index >= 15 is 0 Å². The molecule has 2 aliphatic rings. The summed E-state index contributed by atoms with van der Waals surface area (Å²) in [6, 6.07) is 0.720. The van der Waals surface area contributed by atoms with Crippen LogP contribution < -0.4 is 5.32 Å². The van der Waals surface area contributed by atoms with E-state index in [-0.39, 0.29) is 18.1 Å². The molecule has 2 rings (SSSR count). The predicted octanol–water partition coefficient (Wildman–Crippen LogP) is 0.816. The van der Waals surface area contributed by atoms with Crippen molar-refractivity contribution in [3.8, 4) is 0 Å². The summed E-state index contributed by atoms with van der Waals surface area (Å²) in [4.78, 5) is 18.9. The molecule has 1 atom stereocenters. The maximum Gasteiger partial charge on any atom is 0.317 e. The normalized spacial score (nSPS) is 27.4. The molecule has 2 N–H and O–H groups in total. The molecule has 2 aliphatic heterocycles. The molecular weight excluding hydrogens is 292 g/mol. The van der Waals surface area contributed by atoms with E-state index < -0.39 is 0 Å². The van der Waals surface area contributed by atoms with Crippen molar-refractivity contribution in [2.75, 3.05) is 60.0 Å². The van der Waals surface area contributed by atoms with Gasteiger partial charge in [0, 0.05) is 37.6 Å². The first-order valence-corrected chi connectivity index (χ1v) is 8.96. The number of aliphatic hydroxyl groups excluding tert-OH is 1. The first-order chi connectivity index (χ1) is 10.9. The number of likely N-dealkylation sites (tertiary alicyclic amines) is 2. The summed E-state index contributed by atoms with van der Waals surface area (Å²) in [5.74, 6) is 0. The maximum absolute atomic E-state index is 12.3. The van der Waals surface area contributed by atoms with Crippen LogP contribution in [0.1, 0.15) is 32.6 Å². The van der Waals surface area contributed by atoms with Gasteiger partial charge in [-0.2, -0.15) is 0 Å². The number of amides is 2. The van der Waals surface area contributed by atoms with Gasteiger partial charge in [-0.1, -0.05) is 6.92 Å². The number of nitrogens with one attached hydrogen (secondary N) is 1. The van der Waals surface area contributed by atoms with Crippen molar-refractivity contribution in [1.82, 2.24) is 20.0 Å². The molecule has 0 bridgehead atoms. The second-order valence-corrected chi connectivity index (χ2v) is 7.76. The van der Waals surface area contributed by atoms with E-state index in [1.165, 1.54) is 12.8 Å². The minimum Gasteiger partial charge on any atom is -0.396 e. The highest BCUT2D eigenvalue weighted by Crippen LogP contribution is 2.28. The average molecular weight is 326 g/mol. The number of rotatable bonds is 5. The van der Waals surface area contributed by atoms with Crippen molar-refractivity contribution in [1.29, 1.82) is 0 Å². The van der Waals surface area contributed by atoms with E-state index in [0.717, 1.165) is 39.0 Å². The third-order valence-electron chi connectivity index (χ3n) is 5.44. The van der Waals surface area contributed by atoms with Crippen LogP contribution in [0.4, 0.5) is 4.79 Å². The number of aliphatic hydroxyl groups is 1. The van der Waals surface area contributed by atoms with Gasteiger partial charge in [-0.25, -0.2) is 4.79 Å². The molecule has 2 saturated heterocycles. The number of carbonyl (C=O) groups is 1. The Balaban J connectivity index is 1.65. The van der Waals surface area contributed by atoms with Gasteiger partial charge in [-0.3, -0.25) is 0 Å². The van der Waals surface area contributed by atoms with Crippen LogP contribution in [0.3, 0.4) is 0 Å². The highest BCUT2D eigenvalue weighted by Gasteiger charge is 2.32. The zero-order valence-electron chi connectivity index (χ0n) is 15.1. The molecule has 1 unspecified atom stereocenters. The minimum atomic E-state index is -0.135. The lowest BCUT2D eigenvalue weighted by Gasteiger charge is -2.39. The number of carbonyl (C=O) groups excluding carboxylic acids is 1. The molecule has 0 aromatic heterocycles. The van der Waals surface area contributed by atoms with Gasteiger partial charge < -0.3 is 25.1 Å². The van der Waals surface area contributed by atoms with Crippen LogP contribution in [-0.2, 0) is 0 Å². The highest BCUT2D eigenvalue weighted by molar-refractivity contribution is 5.74. The van der Waals surface area contributed by atoms with Crippen LogP contribution in [-0.4, -0.2) is 91.8 Å². The molecule has 0 saturated carbocycles. The second kappa shape index (κ2) is 8.31. The number of hydrogen-bond donors (Lipinski definition) is 2. The molecule has 134 valence electrons. The number of piperidine rings is 2.